The topological polar surface area (TPSA) is 29.1 Å². The standard InChI is InChI=1S/C17H19NO/c1-2-13-18-16(19)17(11-7-4-8-12-17)14-15-9-5-3-6-10-15/h2-3,5-12H,1,4,13-14H2,(H,18,19). The first-order valence-electron chi connectivity index (χ1n) is 6.55. The van der Waals surface area contributed by atoms with Crippen molar-refractivity contribution in [2.24, 2.45) is 5.41 Å². The predicted octanol–water partition coefficient (Wildman–Crippen LogP) is 3.03. The fourth-order valence-electron chi connectivity index (χ4n) is 2.30. The highest BCUT2D eigenvalue weighted by Crippen LogP contribution is 2.30. The van der Waals surface area contributed by atoms with Gasteiger partial charge in [0.2, 0.25) is 5.91 Å². The molecular weight excluding hydrogens is 234 g/mol. The van der Waals surface area contributed by atoms with E-state index in [1.807, 2.05) is 30.4 Å². The molecule has 1 aliphatic carbocycles. The molecule has 0 radical (unpaired) electrons. The van der Waals surface area contributed by atoms with Crippen LogP contribution < -0.4 is 5.32 Å². The summed E-state index contributed by atoms with van der Waals surface area (Å²) < 4.78 is 0. The summed E-state index contributed by atoms with van der Waals surface area (Å²) in [5.41, 5.74) is 0.593. The molecule has 0 saturated carbocycles. The fourth-order valence-corrected chi connectivity index (χ4v) is 2.30. The molecule has 1 amide bonds. The van der Waals surface area contributed by atoms with E-state index < -0.39 is 5.41 Å². The molecule has 0 atom stereocenters. The van der Waals surface area contributed by atoms with Gasteiger partial charge in [-0.25, -0.2) is 0 Å². The van der Waals surface area contributed by atoms with E-state index in [4.69, 9.17) is 0 Å². The van der Waals surface area contributed by atoms with Crippen molar-refractivity contribution < 1.29 is 4.79 Å². The summed E-state index contributed by atoms with van der Waals surface area (Å²) in [5, 5.41) is 2.90. The van der Waals surface area contributed by atoms with Gasteiger partial charge in [-0.05, 0) is 18.4 Å². The van der Waals surface area contributed by atoms with Crippen molar-refractivity contribution in [3.05, 3.63) is 72.9 Å². The Labute approximate surface area is 114 Å². The fraction of sp³-hybridized carbons (Fsp3) is 0.235. The molecule has 0 heterocycles. The molecule has 1 aromatic carbocycles. The van der Waals surface area contributed by atoms with Gasteiger partial charge >= 0.3 is 0 Å². The van der Waals surface area contributed by atoms with Crippen molar-refractivity contribution in [1.29, 1.82) is 0 Å². The quantitative estimate of drug-likeness (QED) is 0.803. The number of carbonyl (C=O) groups excluding carboxylic acids is 1. The molecule has 1 aliphatic rings. The third kappa shape index (κ3) is 3.22. The zero-order chi connectivity index (χ0) is 13.6. The SMILES string of the molecule is C=CCNC(=O)C1(Cc2ccccc2)C=CCC=C1. The largest absolute Gasteiger partial charge is 0.352 e. The Balaban J connectivity index is 2.22. The summed E-state index contributed by atoms with van der Waals surface area (Å²) in [5.74, 6) is 0.0310. The average Bonchev–Trinajstić information content (AvgIpc) is 2.46. The van der Waals surface area contributed by atoms with Gasteiger partial charge in [-0.1, -0.05) is 60.7 Å². The molecular formula is C17H19NO. The summed E-state index contributed by atoms with van der Waals surface area (Å²) in [6.45, 7) is 4.13. The van der Waals surface area contributed by atoms with Crippen LogP contribution in [0.5, 0.6) is 0 Å². The average molecular weight is 253 g/mol. The molecule has 0 bridgehead atoms. The molecule has 2 heteroatoms. The van der Waals surface area contributed by atoms with E-state index in [1.165, 1.54) is 0 Å². The van der Waals surface area contributed by atoms with E-state index in [0.29, 0.717) is 13.0 Å². The Hall–Kier alpha value is -2.09. The summed E-state index contributed by atoms with van der Waals surface area (Å²) in [4.78, 5) is 12.4. The smallest absolute Gasteiger partial charge is 0.234 e. The zero-order valence-corrected chi connectivity index (χ0v) is 11.0. The van der Waals surface area contributed by atoms with Gasteiger partial charge in [0.15, 0.2) is 0 Å². The van der Waals surface area contributed by atoms with Crippen LogP contribution in [-0.4, -0.2) is 12.5 Å². The lowest BCUT2D eigenvalue weighted by molar-refractivity contribution is -0.126. The number of hydrogen-bond donors (Lipinski definition) is 1. The van der Waals surface area contributed by atoms with Gasteiger partial charge in [0.05, 0.1) is 5.41 Å². The third-order valence-corrected chi connectivity index (χ3v) is 3.27. The molecule has 0 aromatic heterocycles. The van der Waals surface area contributed by atoms with Crippen LogP contribution in [0.2, 0.25) is 0 Å². The van der Waals surface area contributed by atoms with Crippen molar-refractivity contribution >= 4 is 5.91 Å². The predicted molar refractivity (Wildman–Crippen MR) is 78.7 cm³/mol. The number of rotatable bonds is 5. The summed E-state index contributed by atoms with van der Waals surface area (Å²) in [6.07, 6.45) is 11.4. The highest BCUT2D eigenvalue weighted by atomic mass is 16.2. The molecule has 2 nitrogen and oxygen atoms in total. The van der Waals surface area contributed by atoms with E-state index in [1.54, 1.807) is 6.08 Å². The summed E-state index contributed by atoms with van der Waals surface area (Å²) in [7, 11) is 0. The van der Waals surface area contributed by atoms with Gasteiger partial charge in [0.25, 0.3) is 0 Å². The minimum Gasteiger partial charge on any atom is -0.352 e. The molecule has 1 aromatic rings. The zero-order valence-electron chi connectivity index (χ0n) is 11.0. The van der Waals surface area contributed by atoms with Crippen LogP contribution in [0.4, 0.5) is 0 Å². The van der Waals surface area contributed by atoms with Crippen LogP contribution in [0.3, 0.4) is 0 Å². The van der Waals surface area contributed by atoms with Crippen LogP contribution in [0, 0.1) is 5.41 Å². The van der Waals surface area contributed by atoms with Crippen LogP contribution in [0.1, 0.15) is 12.0 Å². The van der Waals surface area contributed by atoms with Crippen molar-refractivity contribution in [3.8, 4) is 0 Å². The lowest BCUT2D eigenvalue weighted by Gasteiger charge is -2.28. The summed E-state index contributed by atoms with van der Waals surface area (Å²) >= 11 is 0. The van der Waals surface area contributed by atoms with E-state index in [-0.39, 0.29) is 5.91 Å². The second-order valence-electron chi connectivity index (χ2n) is 4.74. The van der Waals surface area contributed by atoms with E-state index >= 15 is 0 Å². The first-order valence-corrected chi connectivity index (χ1v) is 6.55. The minimum absolute atomic E-state index is 0.0310. The number of amides is 1. The Morgan fingerprint density at radius 2 is 1.95 bits per heavy atom. The summed E-state index contributed by atoms with van der Waals surface area (Å²) in [6, 6.07) is 10.1. The van der Waals surface area contributed by atoms with Crippen LogP contribution >= 0.6 is 0 Å². The van der Waals surface area contributed by atoms with Gasteiger partial charge in [-0.15, -0.1) is 6.58 Å². The highest BCUT2D eigenvalue weighted by molar-refractivity contribution is 5.87. The molecule has 0 fully saturated rings. The molecule has 19 heavy (non-hydrogen) atoms. The number of hydrogen-bond acceptors (Lipinski definition) is 1. The van der Waals surface area contributed by atoms with Crippen LogP contribution in [-0.2, 0) is 11.2 Å². The number of allylic oxidation sites excluding steroid dienone is 2. The molecule has 1 N–H and O–H groups in total. The molecule has 0 saturated heterocycles. The Kier molecular flexibility index (Phi) is 4.35. The molecule has 0 unspecified atom stereocenters. The molecule has 98 valence electrons. The monoisotopic (exact) mass is 253 g/mol. The maximum absolute atomic E-state index is 12.4. The second-order valence-corrected chi connectivity index (χ2v) is 4.74. The maximum atomic E-state index is 12.4. The number of benzene rings is 1. The number of carbonyl (C=O) groups is 1. The second kappa shape index (κ2) is 6.19. The van der Waals surface area contributed by atoms with Crippen molar-refractivity contribution in [2.75, 3.05) is 6.54 Å². The first-order chi connectivity index (χ1) is 9.27. The van der Waals surface area contributed by atoms with Crippen molar-refractivity contribution in [1.82, 2.24) is 5.32 Å². The van der Waals surface area contributed by atoms with Gasteiger partial charge in [0, 0.05) is 6.54 Å². The Morgan fingerprint density at radius 3 is 2.58 bits per heavy atom. The van der Waals surface area contributed by atoms with E-state index in [2.05, 4.69) is 36.2 Å². The molecule has 0 spiro atoms. The highest BCUT2D eigenvalue weighted by Gasteiger charge is 2.33. The van der Waals surface area contributed by atoms with E-state index in [9.17, 15) is 4.79 Å². The third-order valence-electron chi connectivity index (χ3n) is 3.27. The van der Waals surface area contributed by atoms with Gasteiger partial charge in [-0.3, -0.25) is 4.79 Å². The van der Waals surface area contributed by atoms with Crippen molar-refractivity contribution in [3.63, 3.8) is 0 Å². The lowest BCUT2D eigenvalue weighted by Crippen LogP contribution is -2.40. The van der Waals surface area contributed by atoms with Gasteiger partial charge in [-0.2, -0.15) is 0 Å². The number of nitrogens with one attached hydrogen (secondary N) is 1. The lowest BCUT2D eigenvalue weighted by atomic mass is 9.77. The first kappa shape index (κ1) is 13.3. The Morgan fingerprint density at radius 1 is 1.26 bits per heavy atom. The maximum Gasteiger partial charge on any atom is 0.234 e. The van der Waals surface area contributed by atoms with Crippen LogP contribution in [0.25, 0.3) is 0 Å². The normalized spacial score (nSPS) is 16.0. The van der Waals surface area contributed by atoms with Gasteiger partial charge < -0.3 is 5.32 Å². The molecule has 0 aliphatic heterocycles. The van der Waals surface area contributed by atoms with Gasteiger partial charge in [0.1, 0.15) is 0 Å². The van der Waals surface area contributed by atoms with E-state index in [0.717, 1.165) is 12.0 Å². The minimum atomic E-state index is -0.567. The van der Waals surface area contributed by atoms with Crippen molar-refractivity contribution in [2.45, 2.75) is 12.8 Å². The molecule has 2 rings (SSSR count). The Bertz CT molecular complexity index is 487. The van der Waals surface area contributed by atoms with Crippen LogP contribution in [0.15, 0.2) is 67.3 Å².